The van der Waals surface area contributed by atoms with Crippen molar-refractivity contribution in [1.82, 2.24) is 0 Å². The number of unbranched alkanes of at least 4 members (excludes halogenated alkanes) is 25. The molecule has 2 atom stereocenters. The van der Waals surface area contributed by atoms with Gasteiger partial charge in [-0.1, -0.05) is 172 Å². The Morgan fingerprint density at radius 3 is 1.29 bits per heavy atom. The number of phosphoric ester groups is 1. The molecule has 0 radical (unpaired) electrons. The Morgan fingerprint density at radius 2 is 0.873 bits per heavy atom. The van der Waals surface area contributed by atoms with Gasteiger partial charge in [-0.25, -0.2) is 4.57 Å². The molecule has 8 nitrogen and oxygen atoms in total. The first-order valence-electron chi connectivity index (χ1n) is 22.7. The average molecular weight is 797 g/mol. The molecule has 0 spiro atoms. The van der Waals surface area contributed by atoms with E-state index in [1.807, 2.05) is 0 Å². The summed E-state index contributed by atoms with van der Waals surface area (Å²) in [4.78, 5) is 34.5. The van der Waals surface area contributed by atoms with Gasteiger partial charge in [0.15, 0.2) is 6.10 Å². The highest BCUT2D eigenvalue weighted by atomic mass is 31.2. The van der Waals surface area contributed by atoms with Crippen molar-refractivity contribution in [2.45, 2.75) is 225 Å². The minimum atomic E-state index is -4.26. The fourth-order valence-electron chi connectivity index (χ4n) is 6.33. The lowest BCUT2D eigenvalue weighted by molar-refractivity contribution is -0.161. The van der Waals surface area contributed by atoms with Crippen LogP contribution in [0.4, 0.5) is 0 Å². The van der Waals surface area contributed by atoms with Crippen LogP contribution in [0.1, 0.15) is 219 Å². The fraction of sp³-hybridized carbons (Fsp3) is 0.826. The molecule has 0 saturated heterocycles. The molecule has 0 aliphatic heterocycles. The molecule has 0 aromatic carbocycles. The number of phosphoric acid groups is 1. The highest BCUT2D eigenvalue weighted by Gasteiger charge is 2.24. The minimum absolute atomic E-state index is 0.230. The van der Waals surface area contributed by atoms with Gasteiger partial charge in [0, 0.05) is 20.0 Å². The van der Waals surface area contributed by atoms with Crippen LogP contribution in [0, 0.1) is 0 Å². The lowest BCUT2D eigenvalue weighted by Gasteiger charge is -2.19. The van der Waals surface area contributed by atoms with Crippen molar-refractivity contribution in [3.8, 4) is 0 Å². The van der Waals surface area contributed by atoms with Crippen molar-refractivity contribution >= 4 is 19.8 Å². The van der Waals surface area contributed by atoms with Gasteiger partial charge in [0.25, 0.3) is 0 Å². The summed E-state index contributed by atoms with van der Waals surface area (Å²) in [6, 6.07) is 0. The molecule has 9 heteroatoms. The van der Waals surface area contributed by atoms with Crippen LogP contribution in [0.25, 0.3) is 0 Å². The van der Waals surface area contributed by atoms with Crippen molar-refractivity contribution in [1.29, 1.82) is 0 Å². The molecule has 0 amide bonds. The Morgan fingerprint density at radius 1 is 0.509 bits per heavy atom. The number of allylic oxidation sites excluding steroid dienone is 6. The summed E-state index contributed by atoms with van der Waals surface area (Å²) in [6.07, 6.45) is 49.1. The van der Waals surface area contributed by atoms with Gasteiger partial charge in [0.2, 0.25) is 0 Å². The van der Waals surface area contributed by atoms with Crippen molar-refractivity contribution in [2.24, 2.45) is 0 Å². The third kappa shape index (κ3) is 41.7. The van der Waals surface area contributed by atoms with Gasteiger partial charge in [-0.15, -0.1) is 0 Å². The van der Waals surface area contributed by atoms with Gasteiger partial charge in [0.1, 0.15) is 6.61 Å². The topological polar surface area (TPSA) is 108 Å². The highest BCUT2D eigenvalue weighted by Crippen LogP contribution is 2.42. The van der Waals surface area contributed by atoms with Crippen LogP contribution in [-0.2, 0) is 32.7 Å². The van der Waals surface area contributed by atoms with Crippen LogP contribution in [0.2, 0.25) is 0 Å². The van der Waals surface area contributed by atoms with E-state index in [0.717, 1.165) is 71.3 Å². The Bertz CT molecular complexity index is 994. The predicted molar refractivity (Wildman–Crippen MR) is 230 cm³/mol. The van der Waals surface area contributed by atoms with E-state index >= 15 is 0 Å². The van der Waals surface area contributed by atoms with Crippen LogP contribution in [0.15, 0.2) is 36.5 Å². The summed E-state index contributed by atoms with van der Waals surface area (Å²) in [7, 11) is -3.20. The number of carbonyl (C=O) groups is 2. The zero-order chi connectivity index (χ0) is 40.3. The molecular formula is C46H85O8P. The third-order valence-electron chi connectivity index (χ3n) is 9.86. The molecule has 322 valence electrons. The van der Waals surface area contributed by atoms with Crippen molar-refractivity contribution in [3.05, 3.63) is 36.5 Å². The Hall–Kier alpha value is -1.73. The number of rotatable bonds is 42. The average Bonchev–Trinajstić information content (AvgIpc) is 3.18. The molecule has 55 heavy (non-hydrogen) atoms. The molecule has 0 heterocycles. The van der Waals surface area contributed by atoms with Crippen LogP contribution in [-0.4, -0.2) is 43.3 Å². The maximum absolute atomic E-state index is 12.5. The maximum atomic E-state index is 12.5. The van der Waals surface area contributed by atoms with E-state index < -0.39 is 26.5 Å². The van der Waals surface area contributed by atoms with Crippen molar-refractivity contribution in [3.63, 3.8) is 0 Å². The normalized spacial score (nSPS) is 13.6. The zero-order valence-corrected chi connectivity index (χ0v) is 36.7. The summed E-state index contributed by atoms with van der Waals surface area (Å²) >= 11 is 0. The van der Waals surface area contributed by atoms with E-state index in [0.29, 0.717) is 6.42 Å². The van der Waals surface area contributed by atoms with Gasteiger partial charge in [-0.2, -0.15) is 0 Å². The van der Waals surface area contributed by atoms with E-state index in [4.69, 9.17) is 14.0 Å². The predicted octanol–water partition coefficient (Wildman–Crippen LogP) is 14.4. The summed E-state index contributed by atoms with van der Waals surface area (Å²) in [5.74, 6) is -0.814. The van der Waals surface area contributed by atoms with Crippen LogP contribution in [0.3, 0.4) is 0 Å². The molecule has 0 rings (SSSR count). The molecule has 1 N–H and O–H groups in total. The van der Waals surface area contributed by atoms with Crippen molar-refractivity contribution < 1.29 is 37.6 Å². The molecule has 0 aromatic heterocycles. The Labute approximate surface area is 338 Å². The molecule has 0 aliphatic carbocycles. The minimum Gasteiger partial charge on any atom is -0.462 e. The van der Waals surface area contributed by atoms with Crippen molar-refractivity contribution in [2.75, 3.05) is 20.3 Å². The van der Waals surface area contributed by atoms with Crippen LogP contribution >= 0.6 is 7.82 Å². The highest BCUT2D eigenvalue weighted by molar-refractivity contribution is 7.47. The SMILES string of the molecule is CCCCCCC/C=C\C/C=C\CCCCCCCCCCCC(=O)OC(COC(=O)CCCCCCC/C=C\CCCCCCCC)COP(=O)(O)OC. The van der Waals surface area contributed by atoms with Gasteiger partial charge >= 0.3 is 19.8 Å². The lowest BCUT2D eigenvalue weighted by Crippen LogP contribution is -2.29. The number of hydrogen-bond donors (Lipinski definition) is 1. The quantitative estimate of drug-likeness (QED) is 0.0281. The smallest absolute Gasteiger partial charge is 0.462 e. The molecular weight excluding hydrogens is 711 g/mol. The summed E-state index contributed by atoms with van der Waals surface area (Å²) < 4.78 is 32.0. The lowest BCUT2D eigenvalue weighted by atomic mass is 10.1. The number of esters is 2. The summed E-state index contributed by atoms with van der Waals surface area (Å²) in [5.41, 5.74) is 0. The first kappa shape index (κ1) is 53.3. The molecule has 0 aromatic rings. The molecule has 0 fully saturated rings. The molecule has 2 unspecified atom stereocenters. The van der Waals surface area contributed by atoms with Crippen LogP contribution < -0.4 is 0 Å². The molecule has 0 aliphatic rings. The number of hydrogen-bond acceptors (Lipinski definition) is 7. The standard InChI is InChI=1S/C46H85O8P/c1-4-6-8-10-12-14-16-18-20-21-22-23-24-25-27-29-31-33-35-37-39-41-46(48)54-44(43-53-55(49,50)51-3)42-52-45(47)40-38-36-34-32-30-28-26-19-17-15-13-11-9-7-5-2/h16,18-19,21-22,26,44H,4-15,17,20,23-25,27-43H2,1-3H3,(H,49,50)/b18-16-,22-21-,26-19-. The maximum Gasteiger partial charge on any atom is 0.472 e. The van der Waals surface area contributed by atoms with Gasteiger partial charge in [-0.05, 0) is 70.6 Å². The van der Waals surface area contributed by atoms with E-state index in [1.165, 1.54) is 122 Å². The van der Waals surface area contributed by atoms with E-state index in [-0.39, 0.29) is 25.4 Å². The van der Waals surface area contributed by atoms with Gasteiger partial charge in [-0.3, -0.25) is 18.6 Å². The number of carbonyl (C=O) groups excluding carboxylic acids is 2. The van der Waals surface area contributed by atoms with Gasteiger partial charge < -0.3 is 14.4 Å². The Balaban J connectivity index is 3.97. The summed E-state index contributed by atoms with van der Waals surface area (Å²) in [6.45, 7) is 3.88. The zero-order valence-electron chi connectivity index (χ0n) is 35.8. The van der Waals surface area contributed by atoms with Gasteiger partial charge in [0.05, 0.1) is 6.61 Å². The summed E-state index contributed by atoms with van der Waals surface area (Å²) in [5, 5.41) is 0. The first-order chi connectivity index (χ1) is 26.8. The third-order valence-corrected chi connectivity index (χ3v) is 10.8. The second-order valence-electron chi connectivity index (χ2n) is 15.2. The second kappa shape index (κ2) is 41.9. The Kier molecular flexibility index (Phi) is 40.6. The van der Waals surface area contributed by atoms with Crippen LogP contribution in [0.5, 0.6) is 0 Å². The van der Waals surface area contributed by atoms with E-state index in [1.54, 1.807) is 0 Å². The first-order valence-corrected chi connectivity index (χ1v) is 24.2. The van der Waals surface area contributed by atoms with E-state index in [9.17, 15) is 19.0 Å². The van der Waals surface area contributed by atoms with E-state index in [2.05, 4.69) is 54.8 Å². The monoisotopic (exact) mass is 797 g/mol. The largest absolute Gasteiger partial charge is 0.472 e. The molecule has 0 bridgehead atoms. The fourth-order valence-corrected chi connectivity index (χ4v) is 6.79. The second-order valence-corrected chi connectivity index (χ2v) is 16.7. The number of ether oxygens (including phenoxy) is 2. The molecule has 0 saturated carbocycles.